The first-order valence-electron chi connectivity index (χ1n) is 6.46. The zero-order valence-electron chi connectivity index (χ0n) is 11.8. The summed E-state index contributed by atoms with van der Waals surface area (Å²) in [6.07, 6.45) is 0. The standard InChI is InChI=1S/C15H14ClN3O3/c1-9-12(16)3-2-4-13(9)18-8-11-6-5-10(15(17)20)7-14(11)19(21)22/h2-7,18H,8H2,1H3,(H2,17,20). The van der Waals surface area contributed by atoms with Gasteiger partial charge in [-0.05, 0) is 36.8 Å². The Balaban J connectivity index is 2.27. The fourth-order valence-corrected chi connectivity index (χ4v) is 2.20. The normalized spacial score (nSPS) is 10.3. The number of nitro benzene ring substituents is 1. The minimum atomic E-state index is -0.701. The highest BCUT2D eigenvalue weighted by atomic mass is 35.5. The third kappa shape index (κ3) is 3.35. The van der Waals surface area contributed by atoms with E-state index in [1.54, 1.807) is 12.1 Å². The van der Waals surface area contributed by atoms with Gasteiger partial charge in [-0.1, -0.05) is 17.7 Å². The van der Waals surface area contributed by atoms with E-state index < -0.39 is 10.8 Å². The number of primary amides is 1. The quantitative estimate of drug-likeness (QED) is 0.652. The predicted octanol–water partition coefficient (Wildman–Crippen LogP) is 3.27. The number of nitrogens with two attached hydrogens (primary N) is 1. The van der Waals surface area contributed by atoms with Crippen molar-refractivity contribution in [3.05, 3.63) is 68.2 Å². The monoisotopic (exact) mass is 319 g/mol. The maximum atomic E-state index is 11.1. The van der Waals surface area contributed by atoms with Crippen LogP contribution in [0.1, 0.15) is 21.5 Å². The van der Waals surface area contributed by atoms with Crippen molar-refractivity contribution in [2.45, 2.75) is 13.5 Å². The number of amides is 1. The number of benzene rings is 2. The molecule has 7 heteroatoms. The van der Waals surface area contributed by atoms with Crippen LogP contribution in [0.4, 0.5) is 11.4 Å². The molecule has 0 aliphatic heterocycles. The molecule has 2 rings (SSSR count). The van der Waals surface area contributed by atoms with E-state index in [-0.39, 0.29) is 17.8 Å². The summed E-state index contributed by atoms with van der Waals surface area (Å²) >= 11 is 6.03. The second kappa shape index (κ2) is 6.44. The second-order valence-electron chi connectivity index (χ2n) is 4.73. The minimum Gasteiger partial charge on any atom is -0.380 e. The van der Waals surface area contributed by atoms with Gasteiger partial charge in [-0.2, -0.15) is 0 Å². The minimum absolute atomic E-state index is 0.106. The summed E-state index contributed by atoms with van der Waals surface area (Å²) in [4.78, 5) is 21.7. The molecule has 3 N–H and O–H groups in total. The number of hydrogen-bond donors (Lipinski definition) is 2. The van der Waals surface area contributed by atoms with Crippen molar-refractivity contribution in [3.63, 3.8) is 0 Å². The van der Waals surface area contributed by atoms with Gasteiger partial charge in [0.1, 0.15) is 0 Å². The smallest absolute Gasteiger partial charge is 0.275 e. The average molecular weight is 320 g/mol. The van der Waals surface area contributed by atoms with E-state index >= 15 is 0 Å². The lowest BCUT2D eigenvalue weighted by Crippen LogP contribution is -2.12. The van der Waals surface area contributed by atoms with Crippen LogP contribution in [0.15, 0.2) is 36.4 Å². The molecule has 6 nitrogen and oxygen atoms in total. The number of hydrogen-bond acceptors (Lipinski definition) is 4. The van der Waals surface area contributed by atoms with E-state index in [9.17, 15) is 14.9 Å². The van der Waals surface area contributed by atoms with E-state index in [1.165, 1.54) is 18.2 Å². The zero-order valence-corrected chi connectivity index (χ0v) is 12.6. The molecule has 0 aromatic heterocycles. The lowest BCUT2D eigenvalue weighted by atomic mass is 10.1. The highest BCUT2D eigenvalue weighted by Gasteiger charge is 2.16. The Labute approximate surface area is 132 Å². The lowest BCUT2D eigenvalue weighted by molar-refractivity contribution is -0.385. The number of nitrogens with one attached hydrogen (secondary N) is 1. The lowest BCUT2D eigenvalue weighted by Gasteiger charge is -2.11. The maximum absolute atomic E-state index is 11.1. The molecule has 0 fully saturated rings. The predicted molar refractivity (Wildman–Crippen MR) is 85.1 cm³/mol. The van der Waals surface area contributed by atoms with Gasteiger partial charge >= 0.3 is 0 Å². The molecule has 0 spiro atoms. The zero-order chi connectivity index (χ0) is 16.3. The van der Waals surface area contributed by atoms with Crippen molar-refractivity contribution in [3.8, 4) is 0 Å². The maximum Gasteiger partial charge on any atom is 0.275 e. The van der Waals surface area contributed by atoms with Crippen LogP contribution in [-0.2, 0) is 6.54 Å². The molecular formula is C15H14ClN3O3. The van der Waals surface area contributed by atoms with Crippen molar-refractivity contribution in [2.75, 3.05) is 5.32 Å². The van der Waals surface area contributed by atoms with Gasteiger partial charge in [0.05, 0.1) is 4.92 Å². The second-order valence-corrected chi connectivity index (χ2v) is 5.14. The highest BCUT2D eigenvalue weighted by Crippen LogP contribution is 2.25. The molecule has 0 saturated carbocycles. The fraction of sp³-hybridized carbons (Fsp3) is 0.133. The Bertz CT molecular complexity index is 747. The summed E-state index contributed by atoms with van der Waals surface area (Å²) < 4.78 is 0. The van der Waals surface area contributed by atoms with Crippen molar-refractivity contribution < 1.29 is 9.72 Å². The van der Waals surface area contributed by atoms with Crippen molar-refractivity contribution in [1.82, 2.24) is 0 Å². The van der Waals surface area contributed by atoms with Crippen LogP contribution in [0.25, 0.3) is 0 Å². The van der Waals surface area contributed by atoms with Crippen molar-refractivity contribution in [2.24, 2.45) is 5.73 Å². The van der Waals surface area contributed by atoms with Crippen LogP contribution in [0.3, 0.4) is 0 Å². The summed E-state index contributed by atoms with van der Waals surface area (Å²) in [5, 5.41) is 14.9. The number of carbonyl (C=O) groups excluding carboxylic acids is 1. The Hall–Kier alpha value is -2.60. The van der Waals surface area contributed by atoms with Gasteiger partial charge in [0, 0.05) is 34.4 Å². The average Bonchev–Trinajstić information content (AvgIpc) is 2.48. The van der Waals surface area contributed by atoms with Crippen LogP contribution in [0.2, 0.25) is 5.02 Å². The van der Waals surface area contributed by atoms with Crippen LogP contribution >= 0.6 is 11.6 Å². The Morgan fingerprint density at radius 3 is 2.73 bits per heavy atom. The van der Waals surface area contributed by atoms with Gasteiger partial charge in [-0.3, -0.25) is 14.9 Å². The van der Waals surface area contributed by atoms with Crippen LogP contribution in [0.5, 0.6) is 0 Å². The number of nitro groups is 1. The Morgan fingerprint density at radius 1 is 1.36 bits per heavy atom. The van der Waals surface area contributed by atoms with Crippen molar-refractivity contribution in [1.29, 1.82) is 0 Å². The Morgan fingerprint density at radius 2 is 2.09 bits per heavy atom. The summed E-state index contributed by atoms with van der Waals surface area (Å²) in [6, 6.07) is 9.58. The number of anilines is 1. The molecule has 0 radical (unpaired) electrons. The molecule has 0 aliphatic carbocycles. The molecule has 0 saturated heterocycles. The first-order chi connectivity index (χ1) is 10.4. The van der Waals surface area contributed by atoms with Gasteiger partial charge in [-0.25, -0.2) is 0 Å². The molecule has 22 heavy (non-hydrogen) atoms. The SMILES string of the molecule is Cc1c(Cl)cccc1NCc1ccc(C(N)=O)cc1[N+](=O)[O-]. The molecular weight excluding hydrogens is 306 g/mol. The molecule has 0 heterocycles. The number of halogens is 1. The number of rotatable bonds is 5. The summed E-state index contributed by atoms with van der Waals surface area (Å²) in [6.45, 7) is 2.09. The van der Waals surface area contributed by atoms with E-state index in [2.05, 4.69) is 5.32 Å². The van der Waals surface area contributed by atoms with Crippen molar-refractivity contribution >= 4 is 28.9 Å². The van der Waals surface area contributed by atoms with Gasteiger partial charge in [-0.15, -0.1) is 0 Å². The van der Waals surface area contributed by atoms with E-state index in [0.29, 0.717) is 10.6 Å². The van der Waals surface area contributed by atoms with Gasteiger partial charge in [0.25, 0.3) is 5.69 Å². The highest BCUT2D eigenvalue weighted by molar-refractivity contribution is 6.31. The number of carbonyl (C=O) groups is 1. The van der Waals surface area contributed by atoms with Gasteiger partial charge in [0.2, 0.25) is 5.91 Å². The molecule has 2 aromatic rings. The topological polar surface area (TPSA) is 98.3 Å². The van der Waals surface area contributed by atoms with Crippen LogP contribution in [-0.4, -0.2) is 10.8 Å². The van der Waals surface area contributed by atoms with Gasteiger partial charge in [0.15, 0.2) is 0 Å². The molecule has 1 amide bonds. The number of nitrogens with zero attached hydrogens (tertiary/aromatic N) is 1. The van der Waals surface area contributed by atoms with E-state index in [0.717, 1.165) is 11.3 Å². The molecule has 0 bridgehead atoms. The third-order valence-electron chi connectivity index (χ3n) is 3.30. The molecule has 114 valence electrons. The largest absolute Gasteiger partial charge is 0.380 e. The molecule has 0 unspecified atom stereocenters. The summed E-state index contributed by atoms with van der Waals surface area (Å²) in [5.41, 5.74) is 7.21. The van der Waals surface area contributed by atoms with E-state index in [1.807, 2.05) is 13.0 Å². The van der Waals surface area contributed by atoms with E-state index in [4.69, 9.17) is 17.3 Å². The summed E-state index contributed by atoms with van der Waals surface area (Å²) in [7, 11) is 0. The first kappa shape index (κ1) is 15.8. The molecule has 0 atom stereocenters. The fourth-order valence-electron chi connectivity index (χ4n) is 2.03. The van der Waals surface area contributed by atoms with Gasteiger partial charge < -0.3 is 11.1 Å². The van der Waals surface area contributed by atoms with Crippen LogP contribution < -0.4 is 11.1 Å². The first-order valence-corrected chi connectivity index (χ1v) is 6.84. The van der Waals surface area contributed by atoms with Crippen LogP contribution in [0, 0.1) is 17.0 Å². The Kier molecular flexibility index (Phi) is 4.62. The summed E-state index contributed by atoms with van der Waals surface area (Å²) in [5.74, 6) is -0.701. The third-order valence-corrected chi connectivity index (χ3v) is 3.71. The molecule has 2 aromatic carbocycles. The molecule has 0 aliphatic rings.